The first-order chi connectivity index (χ1) is 7.15. The summed E-state index contributed by atoms with van der Waals surface area (Å²) in [5, 5.41) is 0. The van der Waals surface area contributed by atoms with Gasteiger partial charge in [0.2, 0.25) is 0 Å². The fraction of sp³-hybridized carbons (Fsp3) is 0.200. The molecule has 1 aliphatic rings. The molecule has 15 heavy (non-hydrogen) atoms. The highest BCUT2D eigenvalue weighted by Gasteiger charge is 2.35. The van der Waals surface area contributed by atoms with Gasteiger partial charge in [0.15, 0.2) is 0 Å². The summed E-state index contributed by atoms with van der Waals surface area (Å²) in [6, 6.07) is 5.15. The molecule has 0 saturated carbocycles. The van der Waals surface area contributed by atoms with Crippen LogP contribution in [0.25, 0.3) is 0 Å². The second-order valence-corrected chi connectivity index (χ2v) is 4.43. The van der Waals surface area contributed by atoms with Gasteiger partial charge in [0, 0.05) is 16.9 Å². The third-order valence-electron chi connectivity index (χ3n) is 2.24. The fourth-order valence-corrected chi connectivity index (χ4v) is 2.09. The lowest BCUT2D eigenvalue weighted by atomic mass is 10.1. The Balaban J connectivity index is 2.51. The van der Waals surface area contributed by atoms with E-state index in [9.17, 15) is 9.59 Å². The molecule has 0 aliphatic carbocycles. The number of Topliss-reactive ketones (excluding diaryl/α,β-unsaturated/α-hetero) is 1. The van der Waals surface area contributed by atoms with E-state index in [0.29, 0.717) is 23.7 Å². The lowest BCUT2D eigenvalue weighted by Gasteiger charge is -2.14. The molecule has 0 N–H and O–H groups in total. The second-order valence-electron chi connectivity index (χ2n) is 3.14. The number of hydrogen-bond donors (Lipinski definition) is 0. The van der Waals surface area contributed by atoms with Crippen molar-refractivity contribution >= 4 is 44.9 Å². The summed E-state index contributed by atoms with van der Waals surface area (Å²) in [5.74, 6) is -0.642. The van der Waals surface area contributed by atoms with E-state index in [-0.39, 0.29) is 0 Å². The summed E-state index contributed by atoms with van der Waals surface area (Å²) in [4.78, 5) is 24.5. The highest BCUT2D eigenvalue weighted by molar-refractivity contribution is 9.10. The Morgan fingerprint density at radius 1 is 1.33 bits per heavy atom. The zero-order valence-electron chi connectivity index (χ0n) is 7.67. The van der Waals surface area contributed by atoms with Crippen LogP contribution >= 0.6 is 27.5 Å². The van der Waals surface area contributed by atoms with Gasteiger partial charge in [0.05, 0.1) is 11.3 Å². The highest BCUT2D eigenvalue weighted by atomic mass is 79.9. The van der Waals surface area contributed by atoms with Crippen molar-refractivity contribution in [3.63, 3.8) is 0 Å². The zero-order chi connectivity index (χ0) is 11.0. The minimum atomic E-state index is -0.497. The number of ketones is 1. The Morgan fingerprint density at radius 2 is 2.07 bits per heavy atom. The molecule has 1 aromatic carbocycles. The number of fused-ring (bicyclic) bond motifs is 1. The van der Waals surface area contributed by atoms with Crippen LogP contribution in [0.5, 0.6) is 0 Å². The molecule has 0 fully saturated rings. The Morgan fingerprint density at radius 3 is 2.73 bits per heavy atom. The third-order valence-corrected chi connectivity index (χ3v) is 2.90. The average Bonchev–Trinajstić information content (AvgIpc) is 2.44. The third kappa shape index (κ3) is 1.68. The molecule has 1 aromatic rings. The van der Waals surface area contributed by atoms with Crippen molar-refractivity contribution in [3.05, 3.63) is 28.2 Å². The first kappa shape index (κ1) is 10.6. The van der Waals surface area contributed by atoms with Crippen LogP contribution in [0.15, 0.2) is 22.7 Å². The molecule has 0 bridgehead atoms. The molecule has 0 radical (unpaired) electrons. The molecule has 3 nitrogen and oxygen atoms in total. The topological polar surface area (TPSA) is 37.4 Å². The molecule has 0 spiro atoms. The van der Waals surface area contributed by atoms with E-state index in [1.54, 1.807) is 18.2 Å². The molecule has 5 heteroatoms. The van der Waals surface area contributed by atoms with Gasteiger partial charge in [-0.1, -0.05) is 15.9 Å². The van der Waals surface area contributed by atoms with Crippen molar-refractivity contribution < 1.29 is 9.59 Å². The molecule has 1 heterocycles. The Bertz CT molecular complexity index is 447. The molecule has 0 unspecified atom stereocenters. The van der Waals surface area contributed by atoms with E-state index in [4.69, 9.17) is 11.6 Å². The summed E-state index contributed by atoms with van der Waals surface area (Å²) in [6.45, 7) is 0.357. The van der Waals surface area contributed by atoms with Gasteiger partial charge in [-0.3, -0.25) is 9.59 Å². The predicted molar refractivity (Wildman–Crippen MR) is 61.5 cm³/mol. The molecule has 0 saturated heterocycles. The zero-order valence-corrected chi connectivity index (χ0v) is 10.0. The number of anilines is 1. The minimum Gasteiger partial charge on any atom is -0.304 e. The molecular weight excluding hydrogens is 281 g/mol. The van der Waals surface area contributed by atoms with Crippen LogP contribution in [0.4, 0.5) is 5.69 Å². The number of alkyl halides is 1. The minimum absolute atomic E-state index is 0.310. The average molecular weight is 289 g/mol. The van der Waals surface area contributed by atoms with Crippen LogP contribution in [-0.4, -0.2) is 24.1 Å². The molecular formula is C10H7BrClNO2. The van der Waals surface area contributed by atoms with Crippen molar-refractivity contribution in [3.8, 4) is 0 Å². The van der Waals surface area contributed by atoms with Crippen molar-refractivity contribution in [2.75, 3.05) is 17.3 Å². The standard InChI is InChI=1S/C10H7BrClNO2/c11-6-1-2-7-8(5-6)13(4-3-12)10(15)9(7)14/h1-2,5H,3-4H2. The number of carbonyl (C=O) groups is 2. The van der Waals surface area contributed by atoms with Gasteiger partial charge in [0.25, 0.3) is 11.7 Å². The van der Waals surface area contributed by atoms with E-state index >= 15 is 0 Å². The van der Waals surface area contributed by atoms with Crippen LogP contribution in [0.3, 0.4) is 0 Å². The smallest absolute Gasteiger partial charge is 0.299 e. The number of carbonyl (C=O) groups excluding carboxylic acids is 2. The van der Waals surface area contributed by atoms with Crippen LogP contribution < -0.4 is 4.90 Å². The number of benzene rings is 1. The molecule has 0 atom stereocenters. The van der Waals surface area contributed by atoms with E-state index in [0.717, 1.165) is 4.47 Å². The van der Waals surface area contributed by atoms with Crippen LogP contribution in [0.2, 0.25) is 0 Å². The lowest BCUT2D eigenvalue weighted by molar-refractivity contribution is -0.114. The van der Waals surface area contributed by atoms with Gasteiger partial charge in [-0.25, -0.2) is 0 Å². The normalized spacial score (nSPS) is 14.7. The van der Waals surface area contributed by atoms with Gasteiger partial charge in [-0.2, -0.15) is 0 Å². The number of amides is 1. The van der Waals surface area contributed by atoms with Gasteiger partial charge in [-0.05, 0) is 18.2 Å². The predicted octanol–water partition coefficient (Wildman–Crippen LogP) is 2.22. The number of halogens is 2. The van der Waals surface area contributed by atoms with Crippen molar-refractivity contribution in [1.29, 1.82) is 0 Å². The second kappa shape index (κ2) is 3.94. The molecule has 1 amide bonds. The summed E-state index contributed by atoms with van der Waals surface area (Å²) >= 11 is 8.89. The SMILES string of the molecule is O=C1C(=O)N(CCCl)c2cc(Br)ccc21. The highest BCUT2D eigenvalue weighted by Crippen LogP contribution is 2.31. The first-order valence-electron chi connectivity index (χ1n) is 4.37. The van der Waals surface area contributed by atoms with E-state index in [1.165, 1.54) is 4.90 Å². The molecule has 2 rings (SSSR count). The summed E-state index contributed by atoms with van der Waals surface area (Å²) < 4.78 is 0.836. The first-order valence-corrected chi connectivity index (χ1v) is 5.69. The van der Waals surface area contributed by atoms with Gasteiger partial charge in [-0.15, -0.1) is 11.6 Å². The van der Waals surface area contributed by atoms with Crippen molar-refractivity contribution in [2.45, 2.75) is 0 Å². The van der Waals surface area contributed by atoms with E-state index < -0.39 is 11.7 Å². The monoisotopic (exact) mass is 287 g/mol. The van der Waals surface area contributed by atoms with Crippen LogP contribution in [-0.2, 0) is 4.79 Å². The Hall–Kier alpha value is -0.870. The van der Waals surface area contributed by atoms with Crippen molar-refractivity contribution in [1.82, 2.24) is 0 Å². The Kier molecular flexibility index (Phi) is 2.80. The van der Waals surface area contributed by atoms with E-state index in [2.05, 4.69) is 15.9 Å². The van der Waals surface area contributed by atoms with Gasteiger partial charge in [0.1, 0.15) is 0 Å². The van der Waals surface area contributed by atoms with Gasteiger partial charge < -0.3 is 4.90 Å². The van der Waals surface area contributed by atoms with Crippen molar-refractivity contribution in [2.24, 2.45) is 0 Å². The van der Waals surface area contributed by atoms with Crippen LogP contribution in [0, 0.1) is 0 Å². The largest absolute Gasteiger partial charge is 0.304 e. The fourth-order valence-electron chi connectivity index (χ4n) is 1.57. The van der Waals surface area contributed by atoms with Crippen LogP contribution in [0.1, 0.15) is 10.4 Å². The molecule has 78 valence electrons. The molecule has 1 aliphatic heterocycles. The summed E-state index contributed by atoms with van der Waals surface area (Å²) in [5.41, 5.74) is 1.09. The quantitative estimate of drug-likeness (QED) is 0.618. The number of nitrogens with zero attached hydrogens (tertiary/aromatic N) is 1. The maximum atomic E-state index is 11.6. The Labute approximate surface area is 100 Å². The lowest BCUT2D eigenvalue weighted by Crippen LogP contribution is -2.31. The number of rotatable bonds is 2. The van der Waals surface area contributed by atoms with E-state index in [1.807, 2.05) is 0 Å². The maximum absolute atomic E-state index is 11.6. The summed E-state index contributed by atoms with van der Waals surface area (Å²) in [7, 11) is 0. The number of hydrogen-bond acceptors (Lipinski definition) is 2. The van der Waals surface area contributed by atoms with Gasteiger partial charge >= 0.3 is 0 Å². The molecule has 0 aromatic heterocycles. The summed E-state index contributed by atoms with van der Waals surface area (Å²) in [6.07, 6.45) is 0. The maximum Gasteiger partial charge on any atom is 0.299 e.